The fraction of sp³-hybridized carbons (Fsp3) is 0.250. The molecule has 1 heterocycles. The van der Waals surface area contributed by atoms with Gasteiger partial charge in [-0.3, -0.25) is 9.78 Å². The smallest absolute Gasteiger partial charge is 0.251 e. The Morgan fingerprint density at radius 2 is 2.11 bits per heavy atom. The summed E-state index contributed by atoms with van der Waals surface area (Å²) in [4.78, 5) is 16.4. The molecule has 3 nitrogen and oxygen atoms in total. The normalized spacial score (nSPS) is 14.2. The third-order valence-electron chi connectivity index (χ3n) is 3.32. The number of carbonyl (C=O) groups is 1. The topological polar surface area (TPSA) is 42.0 Å². The van der Waals surface area contributed by atoms with Crippen LogP contribution in [0.5, 0.6) is 0 Å². The monoisotopic (exact) mass is 252 g/mol. The van der Waals surface area contributed by atoms with Crippen molar-refractivity contribution in [3.63, 3.8) is 0 Å². The van der Waals surface area contributed by atoms with E-state index in [2.05, 4.69) is 10.3 Å². The lowest BCUT2D eigenvalue weighted by Gasteiger charge is -2.07. The van der Waals surface area contributed by atoms with Gasteiger partial charge in [0, 0.05) is 23.4 Å². The Morgan fingerprint density at radius 3 is 2.84 bits per heavy atom. The maximum atomic E-state index is 12.0. The average molecular weight is 252 g/mol. The van der Waals surface area contributed by atoms with Gasteiger partial charge in [0.15, 0.2) is 0 Å². The highest BCUT2D eigenvalue weighted by molar-refractivity contribution is 5.95. The number of carbonyl (C=O) groups excluding carboxylic acids is 1. The van der Waals surface area contributed by atoms with Crippen molar-refractivity contribution < 1.29 is 4.79 Å². The van der Waals surface area contributed by atoms with E-state index in [9.17, 15) is 4.79 Å². The Bertz CT molecular complexity index is 618. The second-order valence-corrected chi connectivity index (χ2v) is 5.00. The molecule has 1 N–H and O–H groups in total. The Hall–Kier alpha value is -2.16. The van der Waals surface area contributed by atoms with Gasteiger partial charge in [-0.15, -0.1) is 0 Å². The number of pyridine rings is 1. The van der Waals surface area contributed by atoms with Gasteiger partial charge in [0.25, 0.3) is 5.91 Å². The van der Waals surface area contributed by atoms with Crippen molar-refractivity contribution in [2.24, 2.45) is 0 Å². The molecule has 0 saturated heterocycles. The third kappa shape index (κ3) is 2.65. The van der Waals surface area contributed by atoms with E-state index in [1.807, 2.05) is 43.3 Å². The van der Waals surface area contributed by atoms with Crippen molar-refractivity contribution in [3.05, 3.63) is 53.7 Å². The molecule has 0 bridgehead atoms. The quantitative estimate of drug-likeness (QED) is 0.912. The van der Waals surface area contributed by atoms with Crippen molar-refractivity contribution >= 4 is 5.91 Å². The van der Waals surface area contributed by atoms with Crippen LogP contribution < -0.4 is 5.32 Å². The van der Waals surface area contributed by atoms with E-state index in [0.717, 1.165) is 29.7 Å². The van der Waals surface area contributed by atoms with E-state index >= 15 is 0 Å². The van der Waals surface area contributed by atoms with E-state index in [1.54, 1.807) is 6.20 Å². The van der Waals surface area contributed by atoms with Gasteiger partial charge in [-0.1, -0.05) is 18.2 Å². The molecule has 1 aliphatic rings. The van der Waals surface area contributed by atoms with Crippen LogP contribution in [0, 0.1) is 6.92 Å². The van der Waals surface area contributed by atoms with Crippen LogP contribution in [0.4, 0.5) is 0 Å². The highest BCUT2D eigenvalue weighted by atomic mass is 16.1. The summed E-state index contributed by atoms with van der Waals surface area (Å²) in [5, 5.41) is 3.00. The summed E-state index contributed by atoms with van der Waals surface area (Å²) in [7, 11) is 0. The molecule has 1 saturated carbocycles. The molecule has 96 valence electrons. The number of rotatable bonds is 3. The number of hydrogen-bond acceptors (Lipinski definition) is 2. The molecule has 0 unspecified atom stereocenters. The lowest BCUT2D eigenvalue weighted by Crippen LogP contribution is -2.25. The molecule has 3 heteroatoms. The molecular formula is C16H16N2O. The minimum atomic E-state index is 0.0120. The lowest BCUT2D eigenvalue weighted by molar-refractivity contribution is 0.0951. The summed E-state index contributed by atoms with van der Waals surface area (Å²) in [6, 6.07) is 12.0. The van der Waals surface area contributed by atoms with Crippen LogP contribution in [0.2, 0.25) is 0 Å². The number of benzene rings is 1. The molecule has 0 atom stereocenters. The van der Waals surface area contributed by atoms with E-state index in [4.69, 9.17) is 0 Å². The van der Waals surface area contributed by atoms with Gasteiger partial charge >= 0.3 is 0 Å². The van der Waals surface area contributed by atoms with Crippen LogP contribution in [0.25, 0.3) is 11.3 Å². The van der Waals surface area contributed by atoms with Gasteiger partial charge < -0.3 is 5.32 Å². The summed E-state index contributed by atoms with van der Waals surface area (Å²) in [6.45, 7) is 2.03. The number of aromatic nitrogens is 1. The summed E-state index contributed by atoms with van der Waals surface area (Å²) >= 11 is 0. The predicted molar refractivity (Wildman–Crippen MR) is 74.9 cm³/mol. The second-order valence-electron chi connectivity index (χ2n) is 5.00. The van der Waals surface area contributed by atoms with Crippen molar-refractivity contribution in [1.29, 1.82) is 0 Å². The Balaban J connectivity index is 1.91. The molecule has 1 aliphatic carbocycles. The fourth-order valence-electron chi connectivity index (χ4n) is 2.09. The van der Waals surface area contributed by atoms with Gasteiger partial charge in [0.1, 0.15) is 0 Å². The zero-order chi connectivity index (χ0) is 13.2. The summed E-state index contributed by atoms with van der Waals surface area (Å²) in [6.07, 6.45) is 3.98. The SMILES string of the molecule is Cc1cccnc1-c1cccc(C(=O)NC2CC2)c1. The first kappa shape index (κ1) is 11.9. The Morgan fingerprint density at radius 1 is 1.26 bits per heavy atom. The summed E-state index contributed by atoms with van der Waals surface area (Å²) in [5.41, 5.74) is 3.74. The summed E-state index contributed by atoms with van der Waals surface area (Å²) in [5.74, 6) is 0.0120. The van der Waals surface area contributed by atoms with Crippen molar-refractivity contribution in [1.82, 2.24) is 10.3 Å². The molecule has 1 aromatic heterocycles. The first-order chi connectivity index (χ1) is 9.24. The Labute approximate surface area is 112 Å². The number of nitrogens with zero attached hydrogens (tertiary/aromatic N) is 1. The zero-order valence-corrected chi connectivity index (χ0v) is 10.9. The van der Waals surface area contributed by atoms with Gasteiger partial charge in [-0.2, -0.15) is 0 Å². The largest absolute Gasteiger partial charge is 0.349 e. The van der Waals surface area contributed by atoms with Crippen LogP contribution >= 0.6 is 0 Å². The first-order valence-corrected chi connectivity index (χ1v) is 6.57. The highest BCUT2D eigenvalue weighted by Gasteiger charge is 2.23. The minimum Gasteiger partial charge on any atom is -0.349 e. The third-order valence-corrected chi connectivity index (χ3v) is 3.32. The molecule has 19 heavy (non-hydrogen) atoms. The molecule has 1 fully saturated rings. The maximum Gasteiger partial charge on any atom is 0.251 e. The molecule has 2 aromatic rings. The van der Waals surface area contributed by atoms with Gasteiger partial charge in [-0.25, -0.2) is 0 Å². The van der Waals surface area contributed by atoms with E-state index in [0.29, 0.717) is 11.6 Å². The molecule has 1 aromatic carbocycles. The number of nitrogens with one attached hydrogen (secondary N) is 1. The van der Waals surface area contributed by atoms with Gasteiger partial charge in [0.2, 0.25) is 0 Å². The van der Waals surface area contributed by atoms with Crippen LogP contribution in [0.1, 0.15) is 28.8 Å². The van der Waals surface area contributed by atoms with Gasteiger partial charge in [-0.05, 0) is 43.5 Å². The van der Waals surface area contributed by atoms with E-state index in [-0.39, 0.29) is 5.91 Å². The van der Waals surface area contributed by atoms with Crippen molar-refractivity contribution in [3.8, 4) is 11.3 Å². The molecular weight excluding hydrogens is 236 g/mol. The fourth-order valence-corrected chi connectivity index (χ4v) is 2.09. The molecule has 0 aliphatic heterocycles. The second kappa shape index (κ2) is 4.84. The van der Waals surface area contributed by atoms with Gasteiger partial charge in [0.05, 0.1) is 5.69 Å². The number of hydrogen-bond donors (Lipinski definition) is 1. The number of amides is 1. The number of aryl methyl sites for hydroxylation is 1. The highest BCUT2D eigenvalue weighted by Crippen LogP contribution is 2.23. The maximum absolute atomic E-state index is 12.0. The average Bonchev–Trinajstić information content (AvgIpc) is 3.23. The minimum absolute atomic E-state index is 0.0120. The standard InChI is InChI=1S/C16H16N2O/c1-11-4-3-9-17-15(11)12-5-2-6-13(10-12)16(19)18-14-7-8-14/h2-6,9-10,14H,7-8H2,1H3,(H,18,19). The van der Waals surface area contributed by atoms with Crippen molar-refractivity contribution in [2.45, 2.75) is 25.8 Å². The Kier molecular flexibility index (Phi) is 3.03. The van der Waals surface area contributed by atoms with Crippen LogP contribution in [0.15, 0.2) is 42.6 Å². The molecule has 1 amide bonds. The van der Waals surface area contributed by atoms with Crippen LogP contribution in [-0.4, -0.2) is 16.9 Å². The van der Waals surface area contributed by atoms with E-state index in [1.165, 1.54) is 0 Å². The van der Waals surface area contributed by atoms with Crippen LogP contribution in [-0.2, 0) is 0 Å². The first-order valence-electron chi connectivity index (χ1n) is 6.57. The predicted octanol–water partition coefficient (Wildman–Crippen LogP) is 2.95. The van der Waals surface area contributed by atoms with E-state index < -0.39 is 0 Å². The molecule has 0 spiro atoms. The lowest BCUT2D eigenvalue weighted by atomic mass is 10.0. The molecule has 0 radical (unpaired) electrons. The zero-order valence-electron chi connectivity index (χ0n) is 10.9. The molecule has 3 rings (SSSR count). The van der Waals surface area contributed by atoms with Crippen molar-refractivity contribution in [2.75, 3.05) is 0 Å². The summed E-state index contributed by atoms with van der Waals surface area (Å²) < 4.78 is 0. The van der Waals surface area contributed by atoms with Crippen LogP contribution in [0.3, 0.4) is 0 Å².